The normalized spacial score (nSPS) is 21.8. The Kier molecular flexibility index (Phi) is 5.03. The monoisotopic (exact) mass is 298 g/mol. The Morgan fingerprint density at radius 2 is 1.95 bits per heavy atom. The summed E-state index contributed by atoms with van der Waals surface area (Å²) in [6, 6.07) is -0.953. The van der Waals surface area contributed by atoms with Crippen molar-refractivity contribution in [2.75, 3.05) is 26.7 Å². The molecule has 1 atom stereocenters. The Bertz CT molecular complexity index is 422. The Labute approximate surface area is 123 Å². The van der Waals surface area contributed by atoms with E-state index < -0.39 is 18.0 Å². The average molecular weight is 298 g/mol. The summed E-state index contributed by atoms with van der Waals surface area (Å²) in [7, 11) is 1.30. The van der Waals surface area contributed by atoms with Gasteiger partial charge in [-0.1, -0.05) is 0 Å². The summed E-state index contributed by atoms with van der Waals surface area (Å²) in [6.07, 6.45) is 4.32. The number of carbonyl (C=O) groups is 3. The number of esters is 1. The van der Waals surface area contributed by atoms with Crippen molar-refractivity contribution >= 4 is 18.0 Å². The van der Waals surface area contributed by atoms with Gasteiger partial charge in [-0.05, 0) is 38.0 Å². The highest BCUT2D eigenvalue weighted by Gasteiger charge is 2.37. The number of carbonyl (C=O) groups excluding carboxylic acids is 2. The Balaban J connectivity index is 2.08. The molecule has 21 heavy (non-hydrogen) atoms. The molecule has 118 valence electrons. The van der Waals surface area contributed by atoms with Gasteiger partial charge in [-0.15, -0.1) is 0 Å². The molecule has 1 saturated heterocycles. The van der Waals surface area contributed by atoms with E-state index in [0.717, 1.165) is 25.7 Å². The number of carboxylic acid groups (broad SMARTS) is 1. The number of piperidine rings is 1. The maximum Gasteiger partial charge on any atom is 0.328 e. The van der Waals surface area contributed by atoms with E-state index in [2.05, 4.69) is 0 Å². The third kappa shape index (κ3) is 4.09. The summed E-state index contributed by atoms with van der Waals surface area (Å²) in [6.45, 7) is 0.606. The summed E-state index contributed by atoms with van der Waals surface area (Å²) in [5, 5.41) is 8.98. The van der Waals surface area contributed by atoms with Gasteiger partial charge in [-0.2, -0.15) is 0 Å². The first-order valence-electron chi connectivity index (χ1n) is 7.38. The molecular formula is C14H22N2O5. The van der Waals surface area contributed by atoms with Gasteiger partial charge >= 0.3 is 18.0 Å². The van der Waals surface area contributed by atoms with Gasteiger partial charge in [0.2, 0.25) is 0 Å². The van der Waals surface area contributed by atoms with Crippen LogP contribution in [0.4, 0.5) is 4.79 Å². The van der Waals surface area contributed by atoms with E-state index in [9.17, 15) is 14.4 Å². The minimum Gasteiger partial charge on any atom is -0.480 e. The molecule has 0 bridgehead atoms. The molecule has 1 aliphatic heterocycles. The van der Waals surface area contributed by atoms with E-state index in [1.165, 1.54) is 16.9 Å². The third-order valence-corrected chi connectivity index (χ3v) is 3.99. The van der Waals surface area contributed by atoms with Crippen molar-refractivity contribution in [1.29, 1.82) is 0 Å². The van der Waals surface area contributed by atoms with Crippen LogP contribution in [0.5, 0.6) is 0 Å². The molecule has 1 aliphatic carbocycles. The summed E-state index contributed by atoms with van der Waals surface area (Å²) in [5.41, 5.74) is 0. The molecule has 1 unspecified atom stereocenters. The highest BCUT2D eigenvalue weighted by Crippen LogP contribution is 2.30. The van der Waals surface area contributed by atoms with E-state index in [0.29, 0.717) is 25.4 Å². The van der Waals surface area contributed by atoms with Crippen LogP contribution in [0.2, 0.25) is 0 Å². The van der Waals surface area contributed by atoms with Gasteiger partial charge in [0, 0.05) is 13.1 Å². The number of hydrogen-bond donors (Lipinski definition) is 1. The van der Waals surface area contributed by atoms with E-state index >= 15 is 0 Å². The Morgan fingerprint density at radius 3 is 2.52 bits per heavy atom. The molecule has 2 amide bonds. The molecule has 0 spiro atoms. The lowest BCUT2D eigenvalue weighted by Crippen LogP contribution is -2.54. The molecule has 2 fully saturated rings. The van der Waals surface area contributed by atoms with Crippen LogP contribution in [0.25, 0.3) is 0 Å². The Morgan fingerprint density at radius 1 is 1.24 bits per heavy atom. The topological polar surface area (TPSA) is 87.2 Å². The van der Waals surface area contributed by atoms with Crippen molar-refractivity contribution in [3.05, 3.63) is 0 Å². The molecule has 0 aromatic heterocycles. The number of amides is 2. The number of aliphatic carboxylic acids is 1. The number of rotatable bonds is 5. The van der Waals surface area contributed by atoms with Crippen molar-refractivity contribution in [3.63, 3.8) is 0 Å². The SMILES string of the molecule is COC(=O)C1CCCCN1C(=O)N(CC(=O)O)CC1CC1. The van der Waals surface area contributed by atoms with Gasteiger partial charge in [-0.3, -0.25) is 4.79 Å². The van der Waals surface area contributed by atoms with Crippen LogP contribution in [0, 0.1) is 5.92 Å². The van der Waals surface area contributed by atoms with Gasteiger partial charge in [-0.25, -0.2) is 9.59 Å². The number of methoxy groups -OCH3 is 1. The van der Waals surface area contributed by atoms with Crippen LogP contribution in [-0.2, 0) is 14.3 Å². The predicted octanol–water partition coefficient (Wildman–Crippen LogP) is 0.930. The lowest BCUT2D eigenvalue weighted by atomic mass is 10.0. The molecule has 0 aromatic carbocycles. The zero-order valence-corrected chi connectivity index (χ0v) is 12.3. The molecule has 0 aromatic rings. The molecule has 2 rings (SSSR count). The number of hydrogen-bond acceptors (Lipinski definition) is 4. The van der Waals surface area contributed by atoms with Gasteiger partial charge < -0.3 is 19.6 Å². The fourth-order valence-corrected chi connectivity index (χ4v) is 2.71. The second kappa shape index (κ2) is 6.78. The van der Waals surface area contributed by atoms with Gasteiger partial charge in [0.1, 0.15) is 12.6 Å². The fraction of sp³-hybridized carbons (Fsp3) is 0.786. The molecule has 0 radical (unpaired) electrons. The summed E-state index contributed by atoms with van der Waals surface area (Å²) >= 11 is 0. The van der Waals surface area contributed by atoms with E-state index in [1.54, 1.807) is 0 Å². The van der Waals surface area contributed by atoms with E-state index in [-0.39, 0.29) is 12.6 Å². The van der Waals surface area contributed by atoms with Crippen LogP contribution in [0.3, 0.4) is 0 Å². The highest BCUT2D eigenvalue weighted by atomic mass is 16.5. The third-order valence-electron chi connectivity index (χ3n) is 3.99. The first-order chi connectivity index (χ1) is 10.0. The van der Waals surface area contributed by atoms with Crippen LogP contribution in [-0.4, -0.2) is 65.7 Å². The number of carboxylic acids is 1. The molecule has 1 heterocycles. The van der Waals surface area contributed by atoms with Gasteiger partial charge in [0.25, 0.3) is 0 Å². The maximum atomic E-state index is 12.6. The number of urea groups is 1. The van der Waals surface area contributed by atoms with Crippen LogP contribution in [0.15, 0.2) is 0 Å². The predicted molar refractivity (Wildman–Crippen MR) is 73.7 cm³/mol. The van der Waals surface area contributed by atoms with Gasteiger partial charge in [0.15, 0.2) is 0 Å². The minimum atomic E-state index is -1.03. The van der Waals surface area contributed by atoms with Crippen molar-refractivity contribution in [1.82, 2.24) is 9.80 Å². The van der Waals surface area contributed by atoms with Crippen LogP contribution >= 0.6 is 0 Å². The number of likely N-dealkylation sites (tertiary alicyclic amines) is 1. The Hall–Kier alpha value is -1.79. The van der Waals surface area contributed by atoms with Gasteiger partial charge in [0.05, 0.1) is 7.11 Å². The molecular weight excluding hydrogens is 276 g/mol. The number of nitrogens with zero attached hydrogens (tertiary/aromatic N) is 2. The van der Waals surface area contributed by atoms with Crippen LogP contribution < -0.4 is 0 Å². The summed E-state index contributed by atoms with van der Waals surface area (Å²) in [4.78, 5) is 38.2. The molecule has 1 saturated carbocycles. The first-order valence-corrected chi connectivity index (χ1v) is 7.38. The number of ether oxygens (including phenoxy) is 1. The highest BCUT2D eigenvalue weighted by molar-refractivity contribution is 5.85. The van der Waals surface area contributed by atoms with Crippen molar-refractivity contribution in [2.24, 2.45) is 5.92 Å². The van der Waals surface area contributed by atoms with Crippen molar-refractivity contribution in [3.8, 4) is 0 Å². The summed E-state index contributed by atoms with van der Waals surface area (Å²) in [5.74, 6) is -1.06. The zero-order chi connectivity index (χ0) is 15.4. The second-order valence-electron chi connectivity index (χ2n) is 5.73. The smallest absolute Gasteiger partial charge is 0.328 e. The minimum absolute atomic E-state index is 0.320. The van der Waals surface area contributed by atoms with Crippen molar-refractivity contribution < 1.29 is 24.2 Å². The van der Waals surface area contributed by atoms with Crippen molar-refractivity contribution in [2.45, 2.75) is 38.1 Å². The quantitative estimate of drug-likeness (QED) is 0.763. The largest absolute Gasteiger partial charge is 0.480 e. The second-order valence-corrected chi connectivity index (χ2v) is 5.73. The van der Waals surface area contributed by atoms with Crippen LogP contribution in [0.1, 0.15) is 32.1 Å². The molecule has 2 aliphatic rings. The van der Waals surface area contributed by atoms with E-state index in [1.807, 2.05) is 0 Å². The standard InChI is InChI=1S/C14H22N2O5/c1-21-13(19)11-4-2-3-7-16(11)14(20)15(9-12(17)18)8-10-5-6-10/h10-11H,2-9H2,1H3,(H,17,18). The molecule has 7 heteroatoms. The lowest BCUT2D eigenvalue weighted by molar-refractivity contribution is -0.147. The first kappa shape index (κ1) is 15.6. The zero-order valence-electron chi connectivity index (χ0n) is 12.3. The lowest BCUT2D eigenvalue weighted by Gasteiger charge is -2.37. The summed E-state index contributed by atoms with van der Waals surface area (Å²) < 4.78 is 4.76. The van der Waals surface area contributed by atoms with E-state index in [4.69, 9.17) is 9.84 Å². The molecule has 7 nitrogen and oxygen atoms in total. The fourth-order valence-electron chi connectivity index (χ4n) is 2.71. The maximum absolute atomic E-state index is 12.6. The average Bonchev–Trinajstić information content (AvgIpc) is 3.28. The molecule has 1 N–H and O–H groups in total.